The maximum atomic E-state index is 10.7. The summed E-state index contributed by atoms with van der Waals surface area (Å²) in [6.07, 6.45) is -0.0170. The molecule has 0 aliphatic heterocycles. The Labute approximate surface area is 147 Å². The van der Waals surface area contributed by atoms with E-state index in [2.05, 4.69) is 6.58 Å². The Morgan fingerprint density at radius 2 is 1.76 bits per heavy atom. The quantitative estimate of drug-likeness (QED) is 0.719. The fourth-order valence-electron chi connectivity index (χ4n) is 2.07. The summed E-state index contributed by atoms with van der Waals surface area (Å²) in [5.41, 5.74) is 8.04. The van der Waals surface area contributed by atoms with Gasteiger partial charge in [0, 0.05) is 5.56 Å². The van der Waals surface area contributed by atoms with Crippen LogP contribution >= 0.6 is 0 Å². The van der Waals surface area contributed by atoms with Gasteiger partial charge in [0.25, 0.3) is 0 Å². The van der Waals surface area contributed by atoms with Crippen LogP contribution in [0, 0.1) is 0 Å². The standard InChI is InChI=1S/C20H21NO4/c1-14(17-6-4-3-5-7-17)25-15(2)19(21)13-24-18-10-8-16(9-11-18)12-20(22)23/h3-11H,1,12-13,21H2,2H3,(H,22,23)/b19-15-. The van der Waals surface area contributed by atoms with E-state index in [1.54, 1.807) is 31.2 Å². The van der Waals surface area contributed by atoms with Crippen LogP contribution in [0.1, 0.15) is 18.1 Å². The maximum Gasteiger partial charge on any atom is 0.307 e. The first-order valence-corrected chi connectivity index (χ1v) is 7.76. The Bertz CT molecular complexity index is 764. The zero-order valence-electron chi connectivity index (χ0n) is 14.1. The van der Waals surface area contributed by atoms with E-state index >= 15 is 0 Å². The smallest absolute Gasteiger partial charge is 0.307 e. The van der Waals surface area contributed by atoms with Crippen LogP contribution in [0.3, 0.4) is 0 Å². The lowest BCUT2D eigenvalue weighted by Gasteiger charge is -2.13. The van der Waals surface area contributed by atoms with Crippen LogP contribution in [-0.2, 0) is 16.0 Å². The van der Waals surface area contributed by atoms with Gasteiger partial charge in [-0.2, -0.15) is 0 Å². The molecule has 0 aromatic heterocycles. The average Bonchev–Trinajstić information content (AvgIpc) is 2.61. The van der Waals surface area contributed by atoms with Gasteiger partial charge in [-0.25, -0.2) is 0 Å². The van der Waals surface area contributed by atoms with Crippen LogP contribution in [0.25, 0.3) is 5.76 Å². The van der Waals surface area contributed by atoms with E-state index in [9.17, 15) is 4.79 Å². The molecule has 130 valence electrons. The largest absolute Gasteiger partial charge is 0.487 e. The molecule has 0 aliphatic carbocycles. The SMILES string of the molecule is C=C(O/C(C)=C(\N)COc1ccc(CC(=O)O)cc1)c1ccccc1. The molecule has 0 fully saturated rings. The van der Waals surface area contributed by atoms with Crippen molar-refractivity contribution in [2.75, 3.05) is 6.61 Å². The highest BCUT2D eigenvalue weighted by molar-refractivity contribution is 5.70. The molecule has 0 aliphatic rings. The number of nitrogens with two attached hydrogens (primary N) is 1. The first-order chi connectivity index (χ1) is 12.0. The van der Waals surface area contributed by atoms with E-state index in [-0.39, 0.29) is 13.0 Å². The number of allylic oxidation sites excluding steroid dienone is 1. The summed E-state index contributed by atoms with van der Waals surface area (Å²) in [6.45, 7) is 5.81. The van der Waals surface area contributed by atoms with E-state index in [4.69, 9.17) is 20.3 Å². The number of hydrogen-bond acceptors (Lipinski definition) is 4. The molecule has 0 saturated heterocycles. The minimum atomic E-state index is -0.868. The van der Waals surface area contributed by atoms with Crippen molar-refractivity contribution < 1.29 is 19.4 Å². The highest BCUT2D eigenvalue weighted by atomic mass is 16.5. The van der Waals surface area contributed by atoms with Crippen molar-refractivity contribution in [2.45, 2.75) is 13.3 Å². The normalized spacial score (nSPS) is 11.4. The Hall–Kier alpha value is -3.21. The molecule has 0 atom stereocenters. The molecular formula is C20H21NO4. The molecular weight excluding hydrogens is 318 g/mol. The number of carboxylic acids is 1. The minimum Gasteiger partial charge on any atom is -0.487 e. The van der Waals surface area contributed by atoms with Gasteiger partial charge in [-0.05, 0) is 24.6 Å². The molecule has 5 heteroatoms. The zero-order chi connectivity index (χ0) is 18.2. The molecule has 0 bridgehead atoms. The number of aliphatic carboxylic acids is 1. The number of ether oxygens (including phenoxy) is 2. The lowest BCUT2D eigenvalue weighted by atomic mass is 10.1. The number of carbonyl (C=O) groups is 1. The summed E-state index contributed by atoms with van der Waals surface area (Å²) in [4.78, 5) is 10.7. The van der Waals surface area contributed by atoms with Crippen LogP contribution in [0.2, 0.25) is 0 Å². The Balaban J connectivity index is 1.91. The Morgan fingerprint density at radius 3 is 2.36 bits per heavy atom. The van der Waals surface area contributed by atoms with Crippen LogP contribution in [0.15, 0.2) is 72.6 Å². The van der Waals surface area contributed by atoms with Crippen molar-refractivity contribution in [1.29, 1.82) is 0 Å². The maximum absolute atomic E-state index is 10.7. The molecule has 0 saturated carbocycles. The topological polar surface area (TPSA) is 81.8 Å². The second-order valence-corrected chi connectivity index (χ2v) is 5.48. The fourth-order valence-corrected chi connectivity index (χ4v) is 2.07. The number of rotatable bonds is 8. The third-order valence-corrected chi connectivity index (χ3v) is 3.50. The van der Waals surface area contributed by atoms with E-state index in [1.165, 1.54) is 0 Å². The molecule has 0 radical (unpaired) electrons. The predicted octanol–water partition coefficient (Wildman–Crippen LogP) is 3.57. The van der Waals surface area contributed by atoms with Crippen molar-refractivity contribution in [2.24, 2.45) is 5.73 Å². The van der Waals surface area contributed by atoms with Gasteiger partial charge in [-0.15, -0.1) is 0 Å². The lowest BCUT2D eigenvalue weighted by molar-refractivity contribution is -0.136. The zero-order valence-corrected chi connectivity index (χ0v) is 14.1. The summed E-state index contributed by atoms with van der Waals surface area (Å²) in [5.74, 6) is 0.773. The molecule has 2 aromatic rings. The van der Waals surface area contributed by atoms with Crippen molar-refractivity contribution in [3.05, 3.63) is 83.8 Å². The molecule has 25 heavy (non-hydrogen) atoms. The van der Waals surface area contributed by atoms with Crippen molar-refractivity contribution in [1.82, 2.24) is 0 Å². The van der Waals surface area contributed by atoms with Crippen LogP contribution in [0.5, 0.6) is 5.75 Å². The van der Waals surface area contributed by atoms with Gasteiger partial charge in [0.2, 0.25) is 0 Å². The molecule has 0 unspecified atom stereocenters. The van der Waals surface area contributed by atoms with Gasteiger partial charge >= 0.3 is 5.97 Å². The summed E-state index contributed by atoms with van der Waals surface area (Å²) in [5, 5.41) is 8.75. The number of carboxylic acid groups (broad SMARTS) is 1. The van der Waals surface area contributed by atoms with Crippen LogP contribution < -0.4 is 10.5 Å². The second kappa shape index (κ2) is 8.59. The van der Waals surface area contributed by atoms with E-state index in [0.29, 0.717) is 28.5 Å². The van der Waals surface area contributed by atoms with Crippen LogP contribution in [0.4, 0.5) is 0 Å². The van der Waals surface area contributed by atoms with Gasteiger partial charge in [-0.3, -0.25) is 4.79 Å². The van der Waals surface area contributed by atoms with Crippen molar-refractivity contribution >= 4 is 11.7 Å². The van der Waals surface area contributed by atoms with Crippen molar-refractivity contribution in [3.63, 3.8) is 0 Å². The van der Waals surface area contributed by atoms with E-state index < -0.39 is 5.97 Å². The first-order valence-electron chi connectivity index (χ1n) is 7.76. The van der Waals surface area contributed by atoms with E-state index in [0.717, 1.165) is 5.56 Å². The molecule has 2 rings (SSSR count). The average molecular weight is 339 g/mol. The molecule has 0 amide bonds. The molecule has 0 spiro atoms. The van der Waals surface area contributed by atoms with Gasteiger partial charge in [0.15, 0.2) is 0 Å². The third-order valence-electron chi connectivity index (χ3n) is 3.50. The molecule has 0 heterocycles. The molecule has 5 nitrogen and oxygen atoms in total. The van der Waals surface area contributed by atoms with Gasteiger partial charge < -0.3 is 20.3 Å². The van der Waals surface area contributed by atoms with Crippen LogP contribution in [-0.4, -0.2) is 17.7 Å². The highest BCUT2D eigenvalue weighted by Crippen LogP contribution is 2.18. The molecule has 3 N–H and O–H groups in total. The summed E-state index contributed by atoms with van der Waals surface area (Å²) < 4.78 is 11.3. The number of hydrogen-bond donors (Lipinski definition) is 2. The van der Waals surface area contributed by atoms with E-state index in [1.807, 2.05) is 30.3 Å². The second-order valence-electron chi connectivity index (χ2n) is 5.48. The fraction of sp³-hybridized carbons (Fsp3) is 0.150. The summed E-state index contributed by atoms with van der Waals surface area (Å²) >= 11 is 0. The predicted molar refractivity (Wildman–Crippen MR) is 96.7 cm³/mol. The first kappa shape index (κ1) is 18.1. The monoisotopic (exact) mass is 339 g/mol. The summed E-state index contributed by atoms with van der Waals surface area (Å²) in [6, 6.07) is 16.4. The molecule has 2 aromatic carbocycles. The Kier molecular flexibility index (Phi) is 6.23. The van der Waals surface area contributed by atoms with Gasteiger partial charge in [0.05, 0.1) is 12.1 Å². The van der Waals surface area contributed by atoms with Gasteiger partial charge in [-0.1, -0.05) is 49.0 Å². The van der Waals surface area contributed by atoms with Gasteiger partial charge in [0.1, 0.15) is 23.9 Å². The highest BCUT2D eigenvalue weighted by Gasteiger charge is 2.06. The van der Waals surface area contributed by atoms with Crippen molar-refractivity contribution in [3.8, 4) is 5.75 Å². The minimum absolute atomic E-state index is 0.0170. The number of benzene rings is 2. The summed E-state index contributed by atoms with van der Waals surface area (Å²) in [7, 11) is 0. The Morgan fingerprint density at radius 1 is 1.12 bits per heavy atom. The lowest BCUT2D eigenvalue weighted by Crippen LogP contribution is -2.12. The third kappa shape index (κ3) is 5.73.